The third-order valence-corrected chi connectivity index (χ3v) is 3.27. The van der Waals surface area contributed by atoms with Crippen molar-refractivity contribution in [1.82, 2.24) is 15.0 Å². The Balaban J connectivity index is 2.37. The summed E-state index contributed by atoms with van der Waals surface area (Å²) in [6.45, 7) is 6.88. The van der Waals surface area contributed by atoms with Gasteiger partial charge < -0.3 is 5.73 Å². The number of rotatable bonds is 4. The summed E-state index contributed by atoms with van der Waals surface area (Å²) in [7, 11) is 0. The molecule has 2 aromatic rings. The Morgan fingerprint density at radius 3 is 2.37 bits per heavy atom. The maximum Gasteiger partial charge on any atom is 0.178 e. The van der Waals surface area contributed by atoms with Gasteiger partial charge in [-0.1, -0.05) is 13.0 Å². The van der Waals surface area contributed by atoms with Gasteiger partial charge in [0.2, 0.25) is 0 Å². The molecule has 0 fully saturated rings. The highest BCUT2D eigenvalue weighted by Crippen LogP contribution is 2.19. The van der Waals surface area contributed by atoms with Gasteiger partial charge in [0.1, 0.15) is 5.69 Å². The van der Waals surface area contributed by atoms with Crippen molar-refractivity contribution in [1.29, 1.82) is 0 Å². The van der Waals surface area contributed by atoms with E-state index in [1.165, 1.54) is 5.56 Å². The van der Waals surface area contributed by atoms with Crippen LogP contribution in [0.25, 0.3) is 11.5 Å². The van der Waals surface area contributed by atoms with Crippen LogP contribution in [0.4, 0.5) is 0 Å². The molecule has 2 N–H and O–H groups in total. The van der Waals surface area contributed by atoms with Crippen LogP contribution in [0, 0.1) is 19.8 Å². The van der Waals surface area contributed by atoms with Gasteiger partial charge in [-0.15, -0.1) is 0 Å². The minimum Gasteiger partial charge on any atom is -0.330 e. The van der Waals surface area contributed by atoms with E-state index in [-0.39, 0.29) is 0 Å². The Morgan fingerprint density at radius 2 is 1.84 bits per heavy atom. The van der Waals surface area contributed by atoms with E-state index in [9.17, 15) is 0 Å². The van der Waals surface area contributed by atoms with E-state index in [2.05, 4.69) is 21.9 Å². The van der Waals surface area contributed by atoms with E-state index >= 15 is 0 Å². The molecule has 4 nitrogen and oxygen atoms in total. The van der Waals surface area contributed by atoms with Gasteiger partial charge in [-0.2, -0.15) is 0 Å². The second kappa shape index (κ2) is 5.89. The molecule has 0 radical (unpaired) electrons. The first-order valence-corrected chi connectivity index (χ1v) is 6.57. The number of aromatic nitrogens is 3. The highest BCUT2D eigenvalue weighted by atomic mass is 14.9. The highest BCUT2D eigenvalue weighted by Gasteiger charge is 2.12. The number of hydrogen-bond donors (Lipinski definition) is 1. The molecule has 0 bridgehead atoms. The van der Waals surface area contributed by atoms with Crippen LogP contribution in [0.3, 0.4) is 0 Å². The van der Waals surface area contributed by atoms with Crippen molar-refractivity contribution in [2.24, 2.45) is 11.7 Å². The Bertz CT molecular complexity index is 528. The van der Waals surface area contributed by atoms with Crippen molar-refractivity contribution in [3.8, 4) is 11.5 Å². The third-order valence-electron chi connectivity index (χ3n) is 3.27. The smallest absolute Gasteiger partial charge is 0.178 e. The zero-order valence-corrected chi connectivity index (χ0v) is 11.7. The van der Waals surface area contributed by atoms with Crippen molar-refractivity contribution in [2.75, 3.05) is 6.54 Å². The average molecular weight is 256 g/mol. The first-order valence-electron chi connectivity index (χ1n) is 6.57. The molecule has 0 saturated heterocycles. The van der Waals surface area contributed by atoms with Crippen LogP contribution in [0.5, 0.6) is 0 Å². The van der Waals surface area contributed by atoms with Crippen LogP contribution in [-0.4, -0.2) is 21.5 Å². The fraction of sp³-hybridized carbons (Fsp3) is 0.400. The quantitative estimate of drug-likeness (QED) is 0.911. The Kier molecular flexibility index (Phi) is 4.22. The standard InChI is InChI=1S/C15H20N4/c1-10(9-16)8-13-11(2)18-15(19-12(13)3)14-6-4-5-7-17-14/h4-7,10H,8-9,16H2,1-3H3. The molecular formula is C15H20N4. The molecule has 0 aliphatic rings. The molecule has 19 heavy (non-hydrogen) atoms. The van der Waals surface area contributed by atoms with E-state index in [0.29, 0.717) is 18.3 Å². The van der Waals surface area contributed by atoms with Crippen LogP contribution in [0.1, 0.15) is 23.9 Å². The topological polar surface area (TPSA) is 64.7 Å². The Morgan fingerprint density at radius 1 is 1.16 bits per heavy atom. The van der Waals surface area contributed by atoms with Crippen LogP contribution in [0.2, 0.25) is 0 Å². The molecule has 1 unspecified atom stereocenters. The molecule has 4 heteroatoms. The van der Waals surface area contributed by atoms with E-state index in [1.54, 1.807) is 6.20 Å². The number of nitrogens with zero attached hydrogens (tertiary/aromatic N) is 3. The highest BCUT2D eigenvalue weighted by molar-refractivity contribution is 5.49. The lowest BCUT2D eigenvalue weighted by Gasteiger charge is -2.14. The second-order valence-corrected chi connectivity index (χ2v) is 4.96. The van der Waals surface area contributed by atoms with Crippen LogP contribution in [0.15, 0.2) is 24.4 Å². The SMILES string of the molecule is Cc1nc(-c2ccccn2)nc(C)c1CC(C)CN. The van der Waals surface area contributed by atoms with Gasteiger partial charge in [0.25, 0.3) is 0 Å². The third kappa shape index (κ3) is 3.15. The maximum atomic E-state index is 5.69. The number of nitrogens with two attached hydrogens (primary N) is 1. The van der Waals surface area contributed by atoms with E-state index in [1.807, 2.05) is 32.0 Å². The molecule has 1 atom stereocenters. The van der Waals surface area contributed by atoms with Crippen molar-refractivity contribution in [2.45, 2.75) is 27.2 Å². The average Bonchev–Trinajstić information content (AvgIpc) is 2.43. The van der Waals surface area contributed by atoms with Crippen LogP contribution in [-0.2, 0) is 6.42 Å². The van der Waals surface area contributed by atoms with Crippen LogP contribution < -0.4 is 5.73 Å². The van der Waals surface area contributed by atoms with E-state index in [0.717, 1.165) is 23.5 Å². The molecule has 0 spiro atoms. The fourth-order valence-electron chi connectivity index (χ4n) is 2.08. The Hall–Kier alpha value is -1.81. The van der Waals surface area contributed by atoms with E-state index in [4.69, 9.17) is 5.73 Å². The lowest BCUT2D eigenvalue weighted by molar-refractivity contribution is 0.586. The van der Waals surface area contributed by atoms with Gasteiger partial charge in [0.15, 0.2) is 5.82 Å². The fourth-order valence-corrected chi connectivity index (χ4v) is 2.08. The summed E-state index contributed by atoms with van der Waals surface area (Å²) in [6, 6.07) is 5.76. The summed E-state index contributed by atoms with van der Waals surface area (Å²) in [5.41, 5.74) is 9.75. The maximum absolute atomic E-state index is 5.69. The predicted octanol–water partition coefficient (Wildman–Crippen LogP) is 2.29. The molecule has 2 heterocycles. The molecule has 0 aromatic carbocycles. The van der Waals surface area contributed by atoms with Gasteiger partial charge in [-0.3, -0.25) is 4.98 Å². The molecule has 0 aliphatic carbocycles. The molecular weight excluding hydrogens is 236 g/mol. The summed E-state index contributed by atoms with van der Waals surface area (Å²) in [5.74, 6) is 1.14. The molecule has 100 valence electrons. The predicted molar refractivity (Wildman–Crippen MR) is 76.7 cm³/mol. The largest absolute Gasteiger partial charge is 0.330 e. The molecule has 2 aromatic heterocycles. The molecule has 0 saturated carbocycles. The first-order chi connectivity index (χ1) is 9.11. The minimum atomic E-state index is 0.446. The van der Waals surface area contributed by atoms with Gasteiger partial charge in [-0.05, 0) is 50.4 Å². The summed E-state index contributed by atoms with van der Waals surface area (Å²) >= 11 is 0. The second-order valence-electron chi connectivity index (χ2n) is 4.96. The first kappa shape index (κ1) is 13.6. The zero-order valence-electron chi connectivity index (χ0n) is 11.7. The summed E-state index contributed by atoms with van der Waals surface area (Å²) in [6.07, 6.45) is 2.68. The molecule has 2 rings (SSSR count). The summed E-state index contributed by atoms with van der Waals surface area (Å²) < 4.78 is 0. The van der Waals surface area contributed by atoms with E-state index < -0.39 is 0 Å². The van der Waals surface area contributed by atoms with Gasteiger partial charge in [-0.25, -0.2) is 9.97 Å². The molecule has 0 aliphatic heterocycles. The number of pyridine rings is 1. The Labute approximate surface area is 114 Å². The van der Waals surface area contributed by atoms with Crippen molar-refractivity contribution in [3.63, 3.8) is 0 Å². The van der Waals surface area contributed by atoms with Gasteiger partial charge in [0.05, 0.1) is 0 Å². The van der Waals surface area contributed by atoms with Crippen LogP contribution >= 0.6 is 0 Å². The normalized spacial score (nSPS) is 12.4. The lowest BCUT2D eigenvalue weighted by Crippen LogP contribution is -2.15. The van der Waals surface area contributed by atoms with Gasteiger partial charge >= 0.3 is 0 Å². The summed E-state index contributed by atoms with van der Waals surface area (Å²) in [4.78, 5) is 13.4. The number of aryl methyl sites for hydroxylation is 2. The monoisotopic (exact) mass is 256 g/mol. The zero-order chi connectivity index (χ0) is 13.8. The van der Waals surface area contributed by atoms with Crippen molar-refractivity contribution >= 4 is 0 Å². The lowest BCUT2D eigenvalue weighted by atomic mass is 9.99. The van der Waals surface area contributed by atoms with Crippen molar-refractivity contribution in [3.05, 3.63) is 41.3 Å². The minimum absolute atomic E-state index is 0.446. The number of hydrogen-bond acceptors (Lipinski definition) is 4. The molecule has 0 amide bonds. The van der Waals surface area contributed by atoms with Crippen molar-refractivity contribution < 1.29 is 0 Å². The van der Waals surface area contributed by atoms with Gasteiger partial charge in [0, 0.05) is 17.6 Å². The summed E-state index contributed by atoms with van der Waals surface area (Å²) in [5, 5.41) is 0.